The summed E-state index contributed by atoms with van der Waals surface area (Å²) in [6.07, 6.45) is 3.29. The molecule has 31 heavy (non-hydrogen) atoms. The molecule has 0 saturated carbocycles. The summed E-state index contributed by atoms with van der Waals surface area (Å²) < 4.78 is 1.72. The van der Waals surface area contributed by atoms with Gasteiger partial charge in [-0.25, -0.2) is 9.67 Å². The Balaban J connectivity index is 1.48. The molecule has 2 amide bonds. The molecule has 1 aliphatic heterocycles. The van der Waals surface area contributed by atoms with E-state index in [4.69, 9.17) is 5.73 Å². The number of hydrogen-bond acceptors (Lipinski definition) is 7. The van der Waals surface area contributed by atoms with Crippen molar-refractivity contribution in [1.82, 2.24) is 24.6 Å². The normalized spacial score (nSPS) is 14.2. The zero-order valence-electron chi connectivity index (χ0n) is 16.7. The monoisotopic (exact) mass is 413 g/mol. The van der Waals surface area contributed by atoms with Gasteiger partial charge in [-0.3, -0.25) is 14.5 Å². The number of imide groups is 1. The standard InChI is InChI=1S/C22H19N7O2/c1-2-19(28-20(30)15-5-3-4-6-16(15)21(28)31)29-17-8-7-14(11-13(17)12-25-29)26-22-24-10-9-18(23)27-22/h3-12,19H,2H2,1H3,(H3,23,24,26,27). The minimum absolute atomic E-state index is 0.298. The van der Waals surface area contributed by atoms with Gasteiger partial charge in [0.15, 0.2) is 0 Å². The fraction of sp³-hybridized carbons (Fsp3) is 0.136. The average molecular weight is 413 g/mol. The zero-order valence-corrected chi connectivity index (χ0v) is 16.7. The van der Waals surface area contributed by atoms with Gasteiger partial charge >= 0.3 is 0 Å². The minimum Gasteiger partial charge on any atom is -0.384 e. The number of fused-ring (bicyclic) bond motifs is 2. The first kappa shape index (κ1) is 18.7. The average Bonchev–Trinajstić information content (AvgIpc) is 3.29. The van der Waals surface area contributed by atoms with Gasteiger partial charge in [0.05, 0.1) is 22.8 Å². The summed E-state index contributed by atoms with van der Waals surface area (Å²) in [7, 11) is 0. The Kier molecular flexibility index (Phi) is 4.36. The van der Waals surface area contributed by atoms with Crippen molar-refractivity contribution in [2.45, 2.75) is 19.5 Å². The molecule has 3 heterocycles. The Morgan fingerprint density at radius 3 is 2.48 bits per heavy atom. The third-order valence-corrected chi connectivity index (χ3v) is 5.30. The molecule has 0 aliphatic carbocycles. The summed E-state index contributed by atoms with van der Waals surface area (Å²) in [5, 5.41) is 8.46. The third-order valence-electron chi connectivity index (χ3n) is 5.30. The van der Waals surface area contributed by atoms with Crippen molar-refractivity contribution in [1.29, 1.82) is 0 Å². The van der Waals surface area contributed by atoms with E-state index in [2.05, 4.69) is 20.4 Å². The smallest absolute Gasteiger partial charge is 0.263 e. The topological polar surface area (TPSA) is 119 Å². The Bertz CT molecular complexity index is 1300. The van der Waals surface area contributed by atoms with Gasteiger partial charge in [0.1, 0.15) is 12.0 Å². The quantitative estimate of drug-likeness (QED) is 0.482. The van der Waals surface area contributed by atoms with Crippen LogP contribution in [0.2, 0.25) is 0 Å². The number of nitrogens with one attached hydrogen (secondary N) is 1. The van der Waals surface area contributed by atoms with Crippen LogP contribution in [0.5, 0.6) is 0 Å². The molecular weight excluding hydrogens is 394 g/mol. The molecule has 154 valence electrons. The Hall–Kier alpha value is -4.27. The van der Waals surface area contributed by atoms with Gasteiger partial charge in [-0.2, -0.15) is 10.1 Å². The van der Waals surface area contributed by atoms with E-state index in [9.17, 15) is 9.59 Å². The van der Waals surface area contributed by atoms with Gasteiger partial charge in [0, 0.05) is 17.3 Å². The second-order valence-electron chi connectivity index (χ2n) is 7.21. The van der Waals surface area contributed by atoms with Crippen LogP contribution in [0, 0.1) is 0 Å². The van der Waals surface area contributed by atoms with Crippen LogP contribution in [0.25, 0.3) is 10.9 Å². The summed E-state index contributed by atoms with van der Waals surface area (Å²) in [6.45, 7) is 1.93. The molecule has 1 unspecified atom stereocenters. The highest BCUT2D eigenvalue weighted by atomic mass is 16.2. The van der Waals surface area contributed by atoms with Gasteiger partial charge in [-0.1, -0.05) is 19.1 Å². The maximum atomic E-state index is 13.0. The van der Waals surface area contributed by atoms with Crippen LogP contribution in [0.3, 0.4) is 0 Å². The van der Waals surface area contributed by atoms with Crippen molar-refractivity contribution in [2.75, 3.05) is 11.1 Å². The van der Waals surface area contributed by atoms with Crippen molar-refractivity contribution < 1.29 is 9.59 Å². The van der Waals surface area contributed by atoms with Crippen LogP contribution >= 0.6 is 0 Å². The van der Waals surface area contributed by atoms with Crippen LogP contribution in [-0.2, 0) is 0 Å². The molecule has 5 rings (SSSR count). The lowest BCUT2D eigenvalue weighted by Crippen LogP contribution is -2.37. The Morgan fingerprint density at radius 1 is 1.06 bits per heavy atom. The molecule has 0 spiro atoms. The number of carbonyl (C=O) groups excluding carboxylic acids is 2. The van der Waals surface area contributed by atoms with E-state index < -0.39 is 6.17 Å². The first-order valence-corrected chi connectivity index (χ1v) is 9.86. The van der Waals surface area contributed by atoms with Crippen molar-refractivity contribution in [3.63, 3.8) is 0 Å². The number of aromatic nitrogens is 4. The van der Waals surface area contributed by atoms with Gasteiger partial charge in [-0.15, -0.1) is 0 Å². The van der Waals surface area contributed by atoms with E-state index >= 15 is 0 Å². The molecule has 0 fully saturated rings. The number of amides is 2. The first-order chi connectivity index (χ1) is 15.1. The lowest BCUT2D eigenvalue weighted by atomic mass is 10.1. The molecule has 0 saturated heterocycles. The Morgan fingerprint density at radius 2 is 1.81 bits per heavy atom. The van der Waals surface area contributed by atoms with Gasteiger partial charge in [0.25, 0.3) is 11.8 Å². The maximum absolute atomic E-state index is 13.0. The van der Waals surface area contributed by atoms with Crippen LogP contribution in [0.4, 0.5) is 17.5 Å². The molecule has 0 radical (unpaired) electrons. The number of nitrogen functional groups attached to an aromatic ring is 1. The zero-order chi connectivity index (χ0) is 21.5. The molecule has 4 aromatic rings. The van der Waals surface area contributed by atoms with Crippen LogP contribution in [0.1, 0.15) is 40.2 Å². The van der Waals surface area contributed by atoms with Crippen LogP contribution < -0.4 is 11.1 Å². The summed E-state index contributed by atoms with van der Waals surface area (Å²) in [6, 6.07) is 14.1. The number of rotatable bonds is 5. The van der Waals surface area contributed by atoms with Crippen molar-refractivity contribution >= 4 is 40.2 Å². The van der Waals surface area contributed by atoms with Gasteiger partial charge < -0.3 is 11.1 Å². The van der Waals surface area contributed by atoms with E-state index in [1.54, 1.807) is 47.4 Å². The summed E-state index contributed by atoms with van der Waals surface area (Å²) >= 11 is 0. The molecule has 1 atom stereocenters. The van der Waals surface area contributed by atoms with Crippen molar-refractivity contribution in [3.8, 4) is 0 Å². The molecule has 9 nitrogen and oxygen atoms in total. The lowest BCUT2D eigenvalue weighted by molar-refractivity contribution is 0.0496. The van der Waals surface area contributed by atoms with Crippen molar-refractivity contribution in [3.05, 3.63) is 72.1 Å². The SMILES string of the molecule is CCC(N1C(=O)c2ccccc2C1=O)n1ncc2cc(Nc3nccc(N)n3)ccc21. The summed E-state index contributed by atoms with van der Waals surface area (Å²) in [5.41, 5.74) is 8.14. The van der Waals surface area contributed by atoms with Crippen molar-refractivity contribution in [2.24, 2.45) is 0 Å². The van der Waals surface area contributed by atoms with E-state index in [0.717, 1.165) is 16.6 Å². The minimum atomic E-state index is -0.527. The first-order valence-electron chi connectivity index (χ1n) is 9.86. The highest BCUT2D eigenvalue weighted by Crippen LogP contribution is 2.32. The lowest BCUT2D eigenvalue weighted by Gasteiger charge is -2.26. The summed E-state index contributed by atoms with van der Waals surface area (Å²) in [4.78, 5) is 35.5. The number of nitrogens with zero attached hydrogens (tertiary/aromatic N) is 5. The number of benzene rings is 2. The molecule has 2 aromatic heterocycles. The molecular formula is C22H19N7O2. The van der Waals surface area contributed by atoms with E-state index in [0.29, 0.717) is 29.3 Å². The Labute approximate surface area is 177 Å². The summed E-state index contributed by atoms with van der Waals surface area (Å²) in [5.74, 6) is 0.170. The second kappa shape index (κ2) is 7.21. The largest absolute Gasteiger partial charge is 0.384 e. The second-order valence-corrected chi connectivity index (χ2v) is 7.21. The van der Waals surface area contributed by atoms with E-state index in [-0.39, 0.29) is 11.8 Å². The number of anilines is 3. The van der Waals surface area contributed by atoms with E-state index in [1.807, 2.05) is 25.1 Å². The predicted octanol–water partition coefficient (Wildman–Crippen LogP) is 3.36. The molecule has 9 heteroatoms. The van der Waals surface area contributed by atoms with Gasteiger partial charge in [0.2, 0.25) is 5.95 Å². The maximum Gasteiger partial charge on any atom is 0.263 e. The molecule has 3 N–H and O–H groups in total. The van der Waals surface area contributed by atoms with Crippen LogP contribution in [-0.4, -0.2) is 36.5 Å². The van der Waals surface area contributed by atoms with Gasteiger partial charge in [-0.05, 0) is 42.8 Å². The number of carbonyl (C=O) groups is 2. The highest BCUT2D eigenvalue weighted by Gasteiger charge is 2.40. The van der Waals surface area contributed by atoms with E-state index in [1.165, 1.54) is 4.90 Å². The predicted molar refractivity (Wildman–Crippen MR) is 116 cm³/mol. The molecule has 2 aromatic carbocycles. The molecule has 1 aliphatic rings. The fourth-order valence-electron chi connectivity index (χ4n) is 3.87. The van der Waals surface area contributed by atoms with Crippen LogP contribution in [0.15, 0.2) is 60.9 Å². The number of nitrogens with two attached hydrogens (primary N) is 1. The molecule has 0 bridgehead atoms. The number of hydrogen-bond donors (Lipinski definition) is 2. The highest BCUT2D eigenvalue weighted by molar-refractivity contribution is 6.21. The third kappa shape index (κ3) is 3.07. The fourth-order valence-corrected chi connectivity index (χ4v) is 3.87.